The molecule has 0 spiro atoms. The Balaban J connectivity index is 0.00000120. The predicted octanol–water partition coefficient (Wildman–Crippen LogP) is 1.20. The zero-order chi connectivity index (χ0) is 11.8. The third-order valence-electron chi connectivity index (χ3n) is 2.43. The number of rotatable bonds is 1. The van der Waals surface area contributed by atoms with Gasteiger partial charge in [-0.25, -0.2) is 4.98 Å². The molecule has 3 rings (SSSR count). The number of carbonyl (C=O) groups excluding carboxylic acids is 1. The lowest BCUT2D eigenvalue weighted by Crippen LogP contribution is -2.24. The number of fused-ring (bicyclic) bond motifs is 3. The lowest BCUT2D eigenvalue weighted by atomic mass is 10.2. The van der Waals surface area contributed by atoms with Gasteiger partial charge in [0, 0.05) is 12.4 Å². The van der Waals surface area contributed by atoms with Crippen LogP contribution in [0.25, 0.3) is 0 Å². The molecule has 6 nitrogen and oxygen atoms in total. The van der Waals surface area contributed by atoms with E-state index in [1.165, 1.54) is 6.26 Å². The Bertz CT molecular complexity index is 595. The number of pyridine rings is 1. The molecule has 7 heteroatoms. The van der Waals surface area contributed by atoms with Gasteiger partial charge >= 0.3 is 0 Å². The van der Waals surface area contributed by atoms with E-state index < -0.39 is 5.91 Å². The second-order valence-electron chi connectivity index (χ2n) is 3.49. The average molecular weight is 265 g/mol. The summed E-state index contributed by atoms with van der Waals surface area (Å²) < 4.78 is 5.34. The van der Waals surface area contributed by atoms with Gasteiger partial charge in [0.1, 0.15) is 17.6 Å². The van der Waals surface area contributed by atoms with Gasteiger partial charge in [0.15, 0.2) is 0 Å². The van der Waals surface area contributed by atoms with E-state index >= 15 is 0 Å². The van der Waals surface area contributed by atoms with Gasteiger partial charge in [-0.15, -0.1) is 12.4 Å². The Hall–Kier alpha value is -2.34. The molecule has 2 N–H and O–H groups in total. The normalized spacial score (nSPS) is 14.9. The fourth-order valence-electron chi connectivity index (χ4n) is 1.64. The predicted molar refractivity (Wildman–Crippen MR) is 68.8 cm³/mol. The monoisotopic (exact) mass is 264 g/mol. The van der Waals surface area contributed by atoms with Crippen LogP contribution in [-0.2, 0) is 0 Å². The van der Waals surface area contributed by atoms with Gasteiger partial charge in [-0.2, -0.15) is 0 Å². The number of halogens is 1. The van der Waals surface area contributed by atoms with Crippen molar-refractivity contribution < 1.29 is 9.53 Å². The molecular formula is C11H9ClN4O2. The highest BCUT2D eigenvalue weighted by atomic mass is 35.5. The molecule has 2 aliphatic heterocycles. The standard InChI is InChI=1S/C11H8N4O2.ClH/c12-10(16)8-1-2-9-11(14-8)17-6-7-5-13-3-4-15(7)9;/h1-6H,(H2,12,16);1H. The van der Waals surface area contributed by atoms with E-state index in [2.05, 4.69) is 9.98 Å². The minimum atomic E-state index is -0.582. The SMILES string of the molecule is Cl.NC(=O)c1ccc2c(n1)OC=C1C=NC=CN12. The maximum absolute atomic E-state index is 11.0. The van der Waals surface area contributed by atoms with Crippen molar-refractivity contribution in [3.63, 3.8) is 0 Å². The number of carbonyl (C=O) groups is 1. The molecule has 0 unspecified atom stereocenters. The summed E-state index contributed by atoms with van der Waals surface area (Å²) in [6.45, 7) is 0. The van der Waals surface area contributed by atoms with Gasteiger partial charge in [-0.3, -0.25) is 9.79 Å². The highest BCUT2D eigenvalue weighted by Crippen LogP contribution is 2.33. The van der Waals surface area contributed by atoms with E-state index in [-0.39, 0.29) is 18.1 Å². The van der Waals surface area contributed by atoms with E-state index in [0.29, 0.717) is 5.88 Å². The number of ether oxygens (including phenoxy) is 1. The van der Waals surface area contributed by atoms with Crippen molar-refractivity contribution in [2.24, 2.45) is 10.7 Å². The van der Waals surface area contributed by atoms with E-state index in [1.54, 1.807) is 30.7 Å². The summed E-state index contributed by atoms with van der Waals surface area (Å²) in [6.07, 6.45) is 6.64. The van der Waals surface area contributed by atoms with Crippen LogP contribution < -0.4 is 15.4 Å². The van der Waals surface area contributed by atoms with Crippen LogP contribution in [0.1, 0.15) is 10.5 Å². The number of allylic oxidation sites excluding steroid dienone is 1. The van der Waals surface area contributed by atoms with Gasteiger partial charge < -0.3 is 15.4 Å². The molecule has 0 saturated carbocycles. The number of anilines is 1. The minimum Gasteiger partial charge on any atom is -0.443 e. The van der Waals surface area contributed by atoms with Gasteiger partial charge in [-0.05, 0) is 12.1 Å². The molecule has 18 heavy (non-hydrogen) atoms. The highest BCUT2D eigenvalue weighted by molar-refractivity contribution is 5.93. The summed E-state index contributed by atoms with van der Waals surface area (Å²) in [5.74, 6) is -0.230. The van der Waals surface area contributed by atoms with Crippen LogP contribution in [-0.4, -0.2) is 17.1 Å². The summed E-state index contributed by atoms with van der Waals surface area (Å²) in [4.78, 5) is 20.9. The van der Waals surface area contributed by atoms with Crippen LogP contribution in [0.4, 0.5) is 5.69 Å². The first-order valence-corrected chi connectivity index (χ1v) is 4.92. The summed E-state index contributed by atoms with van der Waals surface area (Å²) >= 11 is 0. The van der Waals surface area contributed by atoms with Crippen LogP contribution in [0.5, 0.6) is 5.88 Å². The van der Waals surface area contributed by atoms with E-state index in [0.717, 1.165) is 11.4 Å². The molecule has 0 bridgehead atoms. The van der Waals surface area contributed by atoms with Gasteiger partial charge in [0.05, 0.1) is 11.9 Å². The molecule has 1 aromatic rings. The third kappa shape index (κ3) is 1.82. The van der Waals surface area contributed by atoms with Crippen molar-refractivity contribution >= 4 is 30.2 Å². The molecule has 0 aliphatic carbocycles. The van der Waals surface area contributed by atoms with Crippen LogP contribution in [0.3, 0.4) is 0 Å². The fraction of sp³-hybridized carbons (Fsp3) is 0. The van der Waals surface area contributed by atoms with Crippen LogP contribution in [0.15, 0.2) is 41.5 Å². The second kappa shape index (κ2) is 4.50. The fourth-order valence-corrected chi connectivity index (χ4v) is 1.64. The van der Waals surface area contributed by atoms with Crippen LogP contribution in [0.2, 0.25) is 0 Å². The average Bonchev–Trinajstić information content (AvgIpc) is 2.38. The van der Waals surface area contributed by atoms with Crippen LogP contribution >= 0.6 is 12.4 Å². The van der Waals surface area contributed by atoms with Crippen molar-refractivity contribution in [1.82, 2.24) is 4.98 Å². The van der Waals surface area contributed by atoms with E-state index in [1.807, 2.05) is 4.90 Å². The lowest BCUT2D eigenvalue weighted by molar-refractivity contribution is 0.0995. The summed E-state index contributed by atoms with van der Waals surface area (Å²) in [7, 11) is 0. The molecular weight excluding hydrogens is 256 g/mol. The Labute approximate surface area is 109 Å². The molecule has 0 atom stereocenters. The third-order valence-corrected chi connectivity index (χ3v) is 2.43. The van der Waals surface area contributed by atoms with Crippen molar-refractivity contribution in [3.05, 3.63) is 42.2 Å². The number of aromatic nitrogens is 1. The van der Waals surface area contributed by atoms with Crippen molar-refractivity contribution in [1.29, 1.82) is 0 Å². The Morgan fingerprint density at radius 3 is 3.00 bits per heavy atom. The van der Waals surface area contributed by atoms with E-state index in [4.69, 9.17) is 10.5 Å². The quantitative estimate of drug-likeness (QED) is 0.826. The molecule has 0 saturated heterocycles. The largest absolute Gasteiger partial charge is 0.443 e. The number of primary amides is 1. The lowest BCUT2D eigenvalue weighted by Gasteiger charge is -2.27. The Morgan fingerprint density at radius 2 is 2.22 bits per heavy atom. The molecule has 1 aromatic heterocycles. The number of nitrogens with zero attached hydrogens (tertiary/aromatic N) is 3. The summed E-state index contributed by atoms with van der Waals surface area (Å²) in [5.41, 5.74) is 6.88. The number of hydrogen-bond acceptors (Lipinski definition) is 5. The highest BCUT2D eigenvalue weighted by Gasteiger charge is 2.22. The number of aliphatic imine (C=N–C) groups is 1. The first-order chi connectivity index (χ1) is 8.25. The first kappa shape index (κ1) is 12.1. The van der Waals surface area contributed by atoms with E-state index in [9.17, 15) is 4.79 Å². The Morgan fingerprint density at radius 1 is 1.39 bits per heavy atom. The number of amides is 1. The van der Waals surface area contributed by atoms with Crippen LogP contribution in [0, 0.1) is 0 Å². The van der Waals surface area contributed by atoms with Crippen molar-refractivity contribution in [2.75, 3.05) is 4.90 Å². The number of nitrogens with two attached hydrogens (primary N) is 1. The second-order valence-corrected chi connectivity index (χ2v) is 3.49. The molecule has 2 aliphatic rings. The minimum absolute atomic E-state index is 0. The summed E-state index contributed by atoms with van der Waals surface area (Å²) in [5, 5.41) is 0. The van der Waals surface area contributed by atoms with Crippen molar-refractivity contribution in [3.8, 4) is 5.88 Å². The molecule has 1 amide bonds. The first-order valence-electron chi connectivity index (χ1n) is 4.92. The zero-order valence-corrected chi connectivity index (χ0v) is 9.92. The molecule has 3 heterocycles. The number of hydrogen-bond donors (Lipinski definition) is 1. The van der Waals surface area contributed by atoms with Crippen molar-refractivity contribution in [2.45, 2.75) is 0 Å². The van der Waals surface area contributed by atoms with Gasteiger partial charge in [0.25, 0.3) is 5.91 Å². The molecule has 0 radical (unpaired) electrons. The molecule has 0 aromatic carbocycles. The Kier molecular flexibility index (Phi) is 3.03. The molecule has 0 fully saturated rings. The smallest absolute Gasteiger partial charge is 0.267 e. The molecule has 92 valence electrons. The van der Waals surface area contributed by atoms with Gasteiger partial charge in [-0.1, -0.05) is 0 Å². The maximum atomic E-state index is 11.0. The summed E-state index contributed by atoms with van der Waals surface area (Å²) in [6, 6.07) is 3.30. The maximum Gasteiger partial charge on any atom is 0.267 e. The zero-order valence-electron chi connectivity index (χ0n) is 9.11. The van der Waals surface area contributed by atoms with Gasteiger partial charge in [0.2, 0.25) is 5.88 Å². The topological polar surface area (TPSA) is 80.8 Å².